The fourth-order valence-electron chi connectivity index (χ4n) is 2.13. The molecule has 0 aliphatic rings. The summed E-state index contributed by atoms with van der Waals surface area (Å²) in [6.07, 6.45) is -0.327. The van der Waals surface area contributed by atoms with Crippen LogP contribution in [0, 0.1) is 24.5 Å². The molecule has 3 nitrogen and oxygen atoms in total. The summed E-state index contributed by atoms with van der Waals surface area (Å²) in [6.45, 7) is 7.77. The lowest BCUT2D eigenvalue weighted by Crippen LogP contribution is -2.41. The van der Waals surface area contributed by atoms with Crippen molar-refractivity contribution in [1.29, 1.82) is 0 Å². The maximum atomic E-state index is 14.0. The van der Waals surface area contributed by atoms with Gasteiger partial charge in [-0.1, -0.05) is 26.0 Å². The Morgan fingerprint density at radius 1 is 1.26 bits per heavy atom. The summed E-state index contributed by atoms with van der Waals surface area (Å²) < 4.78 is 33.3. The van der Waals surface area contributed by atoms with Crippen molar-refractivity contribution in [1.82, 2.24) is 5.43 Å². The van der Waals surface area contributed by atoms with Gasteiger partial charge in [-0.25, -0.2) is 8.78 Å². The molecule has 0 aromatic heterocycles. The topological polar surface area (TPSA) is 47.3 Å². The first-order valence-corrected chi connectivity index (χ1v) is 6.46. The highest BCUT2D eigenvalue weighted by atomic mass is 19.2. The number of hydrogen-bond donors (Lipinski definition) is 2. The third kappa shape index (κ3) is 3.49. The van der Waals surface area contributed by atoms with Gasteiger partial charge in [0.25, 0.3) is 0 Å². The zero-order valence-corrected chi connectivity index (χ0v) is 11.8. The molecule has 1 aromatic rings. The minimum Gasteiger partial charge on any atom is -0.376 e. The SMILES string of the molecule is CCOC(C(C)C)C(NN)c1ccc(C)c(F)c1F. The van der Waals surface area contributed by atoms with Gasteiger partial charge in [0.05, 0.1) is 12.1 Å². The van der Waals surface area contributed by atoms with E-state index in [1.807, 2.05) is 20.8 Å². The molecule has 0 saturated carbocycles. The highest BCUT2D eigenvalue weighted by molar-refractivity contribution is 5.28. The van der Waals surface area contributed by atoms with Gasteiger partial charge in [-0.05, 0) is 25.3 Å². The Kier molecular flexibility index (Phi) is 5.85. The lowest BCUT2D eigenvalue weighted by molar-refractivity contribution is 0.00182. The molecule has 108 valence electrons. The van der Waals surface area contributed by atoms with E-state index in [2.05, 4.69) is 5.43 Å². The molecule has 0 amide bonds. The van der Waals surface area contributed by atoms with Crippen molar-refractivity contribution in [3.8, 4) is 0 Å². The second-order valence-electron chi connectivity index (χ2n) is 4.91. The zero-order chi connectivity index (χ0) is 14.6. The van der Waals surface area contributed by atoms with Gasteiger partial charge >= 0.3 is 0 Å². The number of aryl methyl sites for hydroxylation is 1. The van der Waals surface area contributed by atoms with Gasteiger partial charge in [0, 0.05) is 12.2 Å². The van der Waals surface area contributed by atoms with E-state index < -0.39 is 17.7 Å². The third-order valence-corrected chi connectivity index (χ3v) is 3.16. The quantitative estimate of drug-likeness (QED) is 0.618. The second-order valence-corrected chi connectivity index (χ2v) is 4.91. The number of rotatable bonds is 6. The lowest BCUT2D eigenvalue weighted by atomic mass is 9.92. The Balaban J connectivity index is 3.18. The highest BCUT2D eigenvalue weighted by Crippen LogP contribution is 2.28. The van der Waals surface area contributed by atoms with Crippen LogP contribution in [0.3, 0.4) is 0 Å². The minimum atomic E-state index is -0.867. The Hall–Kier alpha value is -1.04. The van der Waals surface area contributed by atoms with Crippen molar-refractivity contribution in [3.05, 3.63) is 34.9 Å². The summed E-state index contributed by atoms with van der Waals surface area (Å²) in [5, 5.41) is 0. The average molecular weight is 272 g/mol. The number of ether oxygens (including phenoxy) is 1. The predicted octanol–water partition coefficient (Wildman–Crippen LogP) is 2.84. The smallest absolute Gasteiger partial charge is 0.164 e. The molecule has 19 heavy (non-hydrogen) atoms. The van der Waals surface area contributed by atoms with Crippen molar-refractivity contribution in [2.75, 3.05) is 6.61 Å². The van der Waals surface area contributed by atoms with Crippen molar-refractivity contribution in [2.45, 2.75) is 39.8 Å². The molecule has 1 rings (SSSR count). The number of halogens is 2. The van der Waals surface area contributed by atoms with Crippen LogP contribution in [0.15, 0.2) is 12.1 Å². The summed E-state index contributed by atoms with van der Waals surface area (Å²) >= 11 is 0. The highest BCUT2D eigenvalue weighted by Gasteiger charge is 2.29. The van der Waals surface area contributed by atoms with E-state index in [-0.39, 0.29) is 23.1 Å². The molecule has 0 heterocycles. The first kappa shape index (κ1) is 16.0. The van der Waals surface area contributed by atoms with Gasteiger partial charge in [0.15, 0.2) is 11.6 Å². The van der Waals surface area contributed by atoms with Gasteiger partial charge in [0.1, 0.15) is 0 Å². The standard InChI is InChI=1S/C14H22F2N2O/c1-5-19-14(8(2)3)13(18-17)10-7-6-9(4)11(15)12(10)16/h6-8,13-14,18H,5,17H2,1-4H3. The summed E-state index contributed by atoms with van der Waals surface area (Å²) in [6, 6.07) is 2.50. The van der Waals surface area contributed by atoms with Gasteiger partial charge < -0.3 is 4.74 Å². The number of nitrogens with two attached hydrogens (primary N) is 1. The van der Waals surface area contributed by atoms with Gasteiger partial charge in [0.2, 0.25) is 0 Å². The first-order chi connectivity index (χ1) is 8.93. The van der Waals surface area contributed by atoms with E-state index in [1.165, 1.54) is 6.92 Å². The maximum Gasteiger partial charge on any atom is 0.164 e. The van der Waals surface area contributed by atoms with Crippen LogP contribution in [-0.2, 0) is 4.74 Å². The molecule has 2 unspecified atom stereocenters. The van der Waals surface area contributed by atoms with Crippen LogP contribution < -0.4 is 11.3 Å². The largest absolute Gasteiger partial charge is 0.376 e. The molecule has 0 aliphatic carbocycles. The van der Waals surface area contributed by atoms with Crippen molar-refractivity contribution >= 4 is 0 Å². The molecule has 0 fully saturated rings. The average Bonchev–Trinajstić information content (AvgIpc) is 2.37. The molecule has 1 aromatic carbocycles. The fraction of sp³-hybridized carbons (Fsp3) is 0.571. The van der Waals surface area contributed by atoms with E-state index in [4.69, 9.17) is 10.6 Å². The summed E-state index contributed by atoms with van der Waals surface area (Å²) in [4.78, 5) is 0. The van der Waals surface area contributed by atoms with Crippen molar-refractivity contribution in [2.24, 2.45) is 11.8 Å². The summed E-state index contributed by atoms with van der Waals surface area (Å²) in [7, 11) is 0. The molecular weight excluding hydrogens is 250 g/mol. The maximum absolute atomic E-state index is 14.0. The second kappa shape index (κ2) is 6.93. The van der Waals surface area contributed by atoms with Gasteiger partial charge in [-0.3, -0.25) is 11.3 Å². The zero-order valence-electron chi connectivity index (χ0n) is 11.8. The molecule has 0 aliphatic heterocycles. The molecule has 5 heteroatoms. The van der Waals surface area contributed by atoms with E-state index in [1.54, 1.807) is 12.1 Å². The fourth-order valence-corrected chi connectivity index (χ4v) is 2.13. The van der Waals surface area contributed by atoms with Crippen LogP contribution in [0.5, 0.6) is 0 Å². The van der Waals surface area contributed by atoms with Crippen LogP contribution in [0.2, 0.25) is 0 Å². The normalized spacial score (nSPS) is 14.7. The molecular formula is C14H22F2N2O. The monoisotopic (exact) mass is 272 g/mol. The molecule has 0 radical (unpaired) electrons. The lowest BCUT2D eigenvalue weighted by Gasteiger charge is -2.30. The Morgan fingerprint density at radius 2 is 1.89 bits per heavy atom. The molecule has 0 saturated heterocycles. The van der Waals surface area contributed by atoms with Crippen LogP contribution in [0.1, 0.15) is 37.9 Å². The molecule has 0 spiro atoms. The molecule has 0 bridgehead atoms. The first-order valence-electron chi connectivity index (χ1n) is 6.46. The van der Waals surface area contributed by atoms with Crippen molar-refractivity contribution in [3.63, 3.8) is 0 Å². The van der Waals surface area contributed by atoms with E-state index in [0.717, 1.165) is 0 Å². The number of nitrogens with one attached hydrogen (secondary N) is 1. The number of hydrogen-bond acceptors (Lipinski definition) is 3. The third-order valence-electron chi connectivity index (χ3n) is 3.16. The van der Waals surface area contributed by atoms with Crippen LogP contribution in [0.4, 0.5) is 8.78 Å². The molecule has 3 N–H and O–H groups in total. The summed E-state index contributed by atoms with van der Waals surface area (Å²) in [5.74, 6) is 3.92. The van der Waals surface area contributed by atoms with Crippen LogP contribution >= 0.6 is 0 Å². The van der Waals surface area contributed by atoms with E-state index >= 15 is 0 Å². The molecule has 2 atom stereocenters. The Morgan fingerprint density at radius 3 is 2.37 bits per heavy atom. The van der Waals surface area contributed by atoms with Crippen LogP contribution in [0.25, 0.3) is 0 Å². The van der Waals surface area contributed by atoms with Crippen molar-refractivity contribution < 1.29 is 13.5 Å². The van der Waals surface area contributed by atoms with Crippen LogP contribution in [-0.4, -0.2) is 12.7 Å². The van der Waals surface area contributed by atoms with Gasteiger partial charge in [-0.2, -0.15) is 0 Å². The Labute approximate surface area is 113 Å². The number of benzene rings is 1. The van der Waals surface area contributed by atoms with Gasteiger partial charge in [-0.15, -0.1) is 0 Å². The summed E-state index contributed by atoms with van der Waals surface area (Å²) in [5.41, 5.74) is 3.01. The van der Waals surface area contributed by atoms with E-state index in [9.17, 15) is 8.78 Å². The Bertz CT molecular complexity index is 424. The predicted molar refractivity (Wildman–Crippen MR) is 71.4 cm³/mol. The number of hydrazine groups is 1. The minimum absolute atomic E-state index is 0.116. The van der Waals surface area contributed by atoms with E-state index in [0.29, 0.717) is 6.61 Å².